The van der Waals surface area contributed by atoms with Crippen molar-refractivity contribution in [2.24, 2.45) is 11.8 Å². The maximum absolute atomic E-state index is 12.9. The number of halogens is 1. The number of aromatic nitrogens is 2. The van der Waals surface area contributed by atoms with E-state index >= 15 is 0 Å². The molecule has 37 heavy (non-hydrogen) atoms. The summed E-state index contributed by atoms with van der Waals surface area (Å²) in [5.74, 6) is 0.0247. The molecule has 3 aromatic rings. The van der Waals surface area contributed by atoms with Gasteiger partial charge in [-0.15, -0.1) is 0 Å². The average molecular weight is 559 g/mol. The highest BCUT2D eigenvalue weighted by Gasteiger charge is 2.55. The Morgan fingerprint density at radius 1 is 1.24 bits per heavy atom. The van der Waals surface area contributed by atoms with Gasteiger partial charge in [0.15, 0.2) is 0 Å². The Bertz CT molecular complexity index is 1410. The van der Waals surface area contributed by atoms with Gasteiger partial charge in [0.05, 0.1) is 41.2 Å². The fourth-order valence-corrected chi connectivity index (χ4v) is 6.82. The zero-order valence-corrected chi connectivity index (χ0v) is 24.7. The zero-order chi connectivity index (χ0) is 27.0. The third-order valence-electron chi connectivity index (χ3n) is 7.30. The largest absolute Gasteiger partial charge is 0.360 e. The fourth-order valence-electron chi connectivity index (χ4n) is 5.15. The second-order valence-corrected chi connectivity index (χ2v) is 19.1. The predicted octanol–water partition coefficient (Wildman–Crippen LogP) is 6.08. The maximum Gasteiger partial charge on any atom is 0.234 e. The van der Waals surface area contributed by atoms with E-state index in [-0.39, 0.29) is 18.6 Å². The number of nitriles is 1. The number of sulfonamides is 1. The van der Waals surface area contributed by atoms with Crippen molar-refractivity contribution in [3.05, 3.63) is 59.2 Å². The van der Waals surface area contributed by atoms with Gasteiger partial charge in [-0.05, 0) is 48.7 Å². The SMILES string of the molecule is CCC(c1ccc(Cl)cc1)(C1CC1C#N)n1ncc2c(N(COCC[Si](C)(C)C)S(C)(=O)=O)cccc21. The Morgan fingerprint density at radius 2 is 1.95 bits per heavy atom. The molecular formula is C27H35ClN4O3SSi. The molecule has 0 spiro atoms. The highest BCUT2D eigenvalue weighted by Crippen LogP contribution is 2.55. The van der Waals surface area contributed by atoms with Crippen molar-refractivity contribution in [1.29, 1.82) is 5.26 Å². The number of rotatable bonds is 11. The van der Waals surface area contributed by atoms with E-state index in [1.54, 1.807) is 12.3 Å². The molecule has 1 fully saturated rings. The van der Waals surface area contributed by atoms with Crippen LogP contribution in [0.2, 0.25) is 30.7 Å². The molecule has 0 radical (unpaired) electrons. The summed E-state index contributed by atoms with van der Waals surface area (Å²) in [4.78, 5) is 0. The van der Waals surface area contributed by atoms with Crippen LogP contribution in [0.4, 0.5) is 5.69 Å². The first kappa shape index (κ1) is 27.6. The molecule has 0 aliphatic heterocycles. The van der Waals surface area contributed by atoms with Gasteiger partial charge in [-0.25, -0.2) is 12.7 Å². The molecule has 0 bridgehead atoms. The van der Waals surface area contributed by atoms with Crippen molar-refractivity contribution in [2.75, 3.05) is 23.9 Å². The second kappa shape index (κ2) is 10.4. The van der Waals surface area contributed by atoms with E-state index in [0.29, 0.717) is 23.7 Å². The third kappa shape index (κ3) is 5.58. The minimum Gasteiger partial charge on any atom is -0.360 e. The molecule has 0 amide bonds. The third-order valence-corrected chi connectivity index (χ3v) is 10.4. The molecule has 4 rings (SSSR count). The van der Waals surface area contributed by atoms with Crippen molar-refractivity contribution in [3.63, 3.8) is 0 Å². The van der Waals surface area contributed by atoms with Crippen LogP contribution in [0.5, 0.6) is 0 Å². The van der Waals surface area contributed by atoms with E-state index < -0.39 is 23.6 Å². The molecule has 1 aromatic heterocycles. The number of hydrogen-bond donors (Lipinski definition) is 0. The molecule has 7 nitrogen and oxygen atoms in total. The van der Waals surface area contributed by atoms with Gasteiger partial charge >= 0.3 is 0 Å². The van der Waals surface area contributed by atoms with Crippen LogP contribution < -0.4 is 4.31 Å². The Kier molecular flexibility index (Phi) is 7.78. The fraction of sp³-hybridized carbons (Fsp3) is 0.481. The topological polar surface area (TPSA) is 88.2 Å². The van der Waals surface area contributed by atoms with Crippen LogP contribution >= 0.6 is 11.6 Å². The monoisotopic (exact) mass is 558 g/mol. The van der Waals surface area contributed by atoms with Crippen LogP contribution in [0, 0.1) is 23.2 Å². The summed E-state index contributed by atoms with van der Waals surface area (Å²) in [6, 6.07) is 16.7. The van der Waals surface area contributed by atoms with E-state index in [2.05, 4.69) is 32.6 Å². The van der Waals surface area contributed by atoms with Crippen molar-refractivity contribution < 1.29 is 13.2 Å². The Balaban J connectivity index is 1.80. The number of benzene rings is 2. The summed E-state index contributed by atoms with van der Waals surface area (Å²) in [5.41, 5.74) is 1.82. The summed E-state index contributed by atoms with van der Waals surface area (Å²) in [5, 5.41) is 15.9. The van der Waals surface area contributed by atoms with E-state index in [0.717, 1.165) is 28.9 Å². The van der Waals surface area contributed by atoms with E-state index in [1.807, 2.05) is 41.1 Å². The quantitative estimate of drug-likeness (QED) is 0.162. The summed E-state index contributed by atoms with van der Waals surface area (Å²) in [6.45, 7) is 9.35. The van der Waals surface area contributed by atoms with Crippen molar-refractivity contribution in [3.8, 4) is 6.07 Å². The van der Waals surface area contributed by atoms with E-state index in [9.17, 15) is 13.7 Å². The molecular weight excluding hydrogens is 524 g/mol. The van der Waals surface area contributed by atoms with E-state index in [4.69, 9.17) is 21.4 Å². The van der Waals surface area contributed by atoms with Crippen LogP contribution in [-0.2, 0) is 20.3 Å². The minimum atomic E-state index is -3.61. The first-order valence-electron chi connectivity index (χ1n) is 12.6. The smallest absolute Gasteiger partial charge is 0.234 e. The molecule has 198 valence electrons. The number of hydrogen-bond acceptors (Lipinski definition) is 5. The molecule has 3 unspecified atom stereocenters. The Labute approximate surface area is 226 Å². The van der Waals surface area contributed by atoms with Gasteiger partial charge in [-0.3, -0.25) is 4.68 Å². The van der Waals surface area contributed by atoms with Gasteiger partial charge in [0, 0.05) is 31.0 Å². The van der Waals surface area contributed by atoms with Gasteiger partial charge in [0.25, 0.3) is 0 Å². The Hall–Kier alpha value is -2.38. The van der Waals surface area contributed by atoms with Crippen LogP contribution in [0.15, 0.2) is 48.7 Å². The molecule has 2 aromatic carbocycles. The summed E-state index contributed by atoms with van der Waals surface area (Å²) in [6.07, 6.45) is 4.43. The van der Waals surface area contributed by atoms with Crippen molar-refractivity contribution in [1.82, 2.24) is 9.78 Å². The van der Waals surface area contributed by atoms with Crippen LogP contribution in [-0.4, -0.2) is 45.9 Å². The molecule has 1 saturated carbocycles. The van der Waals surface area contributed by atoms with Crippen LogP contribution in [0.25, 0.3) is 10.9 Å². The molecule has 1 aliphatic carbocycles. The van der Waals surface area contributed by atoms with Gasteiger partial charge in [0.1, 0.15) is 6.73 Å². The lowest BCUT2D eigenvalue weighted by Crippen LogP contribution is -2.38. The molecule has 3 atom stereocenters. The number of anilines is 1. The molecule has 0 saturated heterocycles. The molecule has 1 heterocycles. The van der Waals surface area contributed by atoms with Gasteiger partial charge in [-0.1, -0.05) is 56.4 Å². The van der Waals surface area contributed by atoms with Gasteiger partial charge in [-0.2, -0.15) is 10.4 Å². The lowest BCUT2D eigenvalue weighted by atomic mass is 9.81. The first-order chi connectivity index (χ1) is 17.4. The lowest BCUT2D eigenvalue weighted by Gasteiger charge is -2.35. The standard InChI is InChI=1S/C27H35ClN4O3SSi/c1-6-27(24-16-20(24)17-29,21-10-12-22(28)13-11-21)32-26-9-7-8-25(23(26)18-30-32)31(36(2,33)34)19-35-14-15-37(3,4)5/h7-13,18,20,24H,6,14-16,19H2,1-5H3. The Morgan fingerprint density at radius 3 is 2.51 bits per heavy atom. The molecule has 10 heteroatoms. The van der Waals surface area contributed by atoms with Gasteiger partial charge < -0.3 is 4.74 Å². The second-order valence-electron chi connectivity index (χ2n) is 11.1. The normalized spacial score (nSPS) is 19.4. The van der Waals surface area contributed by atoms with Crippen molar-refractivity contribution >= 4 is 46.3 Å². The molecule has 0 N–H and O–H groups in total. The summed E-state index contributed by atoms with van der Waals surface area (Å²) >= 11 is 6.20. The highest BCUT2D eigenvalue weighted by molar-refractivity contribution is 7.92. The van der Waals surface area contributed by atoms with Crippen molar-refractivity contribution in [2.45, 2.75) is 51.0 Å². The lowest BCUT2D eigenvalue weighted by molar-refractivity contribution is 0.156. The van der Waals surface area contributed by atoms with Crippen LogP contribution in [0.1, 0.15) is 25.3 Å². The summed E-state index contributed by atoms with van der Waals surface area (Å²) < 4.78 is 34.9. The summed E-state index contributed by atoms with van der Waals surface area (Å²) in [7, 11) is -4.91. The van der Waals surface area contributed by atoms with Gasteiger partial charge in [0.2, 0.25) is 10.0 Å². The molecule has 1 aliphatic rings. The number of fused-ring (bicyclic) bond motifs is 1. The first-order valence-corrected chi connectivity index (χ1v) is 18.5. The maximum atomic E-state index is 12.9. The zero-order valence-electron chi connectivity index (χ0n) is 22.1. The predicted molar refractivity (Wildman–Crippen MR) is 152 cm³/mol. The number of nitrogens with zero attached hydrogens (tertiary/aromatic N) is 4. The number of ether oxygens (including phenoxy) is 1. The average Bonchev–Trinajstić information content (AvgIpc) is 3.49. The highest BCUT2D eigenvalue weighted by atomic mass is 35.5. The van der Waals surface area contributed by atoms with E-state index in [1.165, 1.54) is 10.6 Å². The minimum absolute atomic E-state index is 0.0527. The van der Waals surface area contributed by atoms with Crippen LogP contribution in [0.3, 0.4) is 0 Å².